The standard InChI is InChI=1S/C67H120O6/c1-4-7-10-13-16-19-22-24-26-28-30-32-33-34-35-36-38-39-41-43-45-48-51-54-57-60-66(69)72-63-64(62-71-65(68)59-56-53-50-47-21-18-15-12-9-6-3)73-67(70)61-58-55-52-49-46-44-42-40-37-31-29-27-25-23-20-17-14-11-8-5-2/h7,10,12,15-16,19,24,26,30,32,64H,4-6,8-9,11,13-14,17-18,20-23,25,27-29,31,33-63H2,1-3H3/b10-7-,15-12-,19-16-,26-24-,32-30-. The molecule has 0 spiro atoms. The maximum atomic E-state index is 12.9. The summed E-state index contributed by atoms with van der Waals surface area (Å²) in [4.78, 5) is 38.2. The summed E-state index contributed by atoms with van der Waals surface area (Å²) in [5.41, 5.74) is 0. The Morgan fingerprint density at radius 2 is 0.562 bits per heavy atom. The lowest BCUT2D eigenvalue weighted by atomic mass is 10.0. The SMILES string of the molecule is CC/C=C\C/C=C\C/C=C\C/C=C\CCCCCCCCCCCCCCC(=O)OCC(COC(=O)CCCCCCC/C=C\CCC)OC(=O)CCCCCCCCCCCCCCCCCCCCCC. The van der Waals surface area contributed by atoms with E-state index in [-0.39, 0.29) is 31.1 Å². The number of hydrogen-bond donors (Lipinski definition) is 0. The Morgan fingerprint density at radius 1 is 0.288 bits per heavy atom. The molecule has 0 amide bonds. The van der Waals surface area contributed by atoms with E-state index in [1.54, 1.807) is 0 Å². The summed E-state index contributed by atoms with van der Waals surface area (Å²) in [6, 6.07) is 0. The van der Waals surface area contributed by atoms with Crippen LogP contribution in [0.5, 0.6) is 0 Å². The highest BCUT2D eigenvalue weighted by molar-refractivity contribution is 5.71. The molecule has 0 saturated heterocycles. The van der Waals surface area contributed by atoms with Crippen molar-refractivity contribution in [1.29, 1.82) is 0 Å². The molecule has 73 heavy (non-hydrogen) atoms. The zero-order valence-electron chi connectivity index (χ0n) is 48.7. The summed E-state index contributed by atoms with van der Waals surface area (Å²) in [6.45, 7) is 6.50. The van der Waals surface area contributed by atoms with Crippen molar-refractivity contribution < 1.29 is 28.6 Å². The molecular formula is C67H120O6. The molecule has 0 heterocycles. The third-order valence-electron chi connectivity index (χ3n) is 14.0. The van der Waals surface area contributed by atoms with Gasteiger partial charge in [-0.1, -0.05) is 293 Å². The lowest BCUT2D eigenvalue weighted by Gasteiger charge is -2.18. The average molecular weight is 1020 g/mol. The molecular weight excluding hydrogens is 901 g/mol. The van der Waals surface area contributed by atoms with Crippen molar-refractivity contribution in [1.82, 2.24) is 0 Å². The molecule has 0 fully saturated rings. The summed E-state index contributed by atoms with van der Waals surface area (Å²) in [5, 5.41) is 0. The van der Waals surface area contributed by atoms with Crippen LogP contribution in [0.25, 0.3) is 0 Å². The predicted octanol–water partition coefficient (Wildman–Crippen LogP) is 21.6. The number of esters is 3. The lowest BCUT2D eigenvalue weighted by molar-refractivity contribution is -0.167. The number of allylic oxidation sites excluding steroid dienone is 10. The molecule has 0 radical (unpaired) electrons. The minimum atomic E-state index is -0.776. The number of hydrogen-bond acceptors (Lipinski definition) is 6. The molecule has 0 aliphatic heterocycles. The van der Waals surface area contributed by atoms with Gasteiger partial charge in [0, 0.05) is 19.3 Å². The van der Waals surface area contributed by atoms with Crippen molar-refractivity contribution >= 4 is 17.9 Å². The van der Waals surface area contributed by atoms with Crippen LogP contribution in [0.3, 0.4) is 0 Å². The fourth-order valence-electron chi connectivity index (χ4n) is 9.26. The van der Waals surface area contributed by atoms with E-state index in [2.05, 4.69) is 81.5 Å². The predicted molar refractivity (Wildman–Crippen MR) is 316 cm³/mol. The van der Waals surface area contributed by atoms with Gasteiger partial charge in [-0.05, 0) is 77.0 Å². The molecule has 1 unspecified atom stereocenters. The van der Waals surface area contributed by atoms with Crippen molar-refractivity contribution in [2.24, 2.45) is 0 Å². The Bertz CT molecular complexity index is 1310. The van der Waals surface area contributed by atoms with Gasteiger partial charge in [0.15, 0.2) is 6.10 Å². The molecule has 0 saturated carbocycles. The highest BCUT2D eigenvalue weighted by Crippen LogP contribution is 2.17. The van der Waals surface area contributed by atoms with Gasteiger partial charge in [-0.2, -0.15) is 0 Å². The summed E-state index contributed by atoms with van der Waals surface area (Å²) >= 11 is 0. The normalized spacial score (nSPS) is 12.4. The maximum absolute atomic E-state index is 12.9. The van der Waals surface area contributed by atoms with E-state index >= 15 is 0 Å². The Balaban J connectivity index is 4.21. The molecule has 0 bridgehead atoms. The van der Waals surface area contributed by atoms with E-state index in [0.29, 0.717) is 19.3 Å². The summed E-state index contributed by atoms with van der Waals surface area (Å²) < 4.78 is 16.9. The highest BCUT2D eigenvalue weighted by atomic mass is 16.6. The first-order valence-electron chi connectivity index (χ1n) is 31.8. The van der Waals surface area contributed by atoms with Gasteiger partial charge in [0.2, 0.25) is 0 Å². The fraction of sp³-hybridized carbons (Fsp3) is 0.806. The number of unbranched alkanes of at least 4 members (excludes halogenated alkanes) is 37. The minimum absolute atomic E-state index is 0.0743. The smallest absolute Gasteiger partial charge is 0.306 e. The van der Waals surface area contributed by atoms with Crippen molar-refractivity contribution in [3.8, 4) is 0 Å². The third-order valence-corrected chi connectivity index (χ3v) is 14.0. The quantitative estimate of drug-likeness (QED) is 0.0261. The van der Waals surface area contributed by atoms with Crippen LogP contribution in [0.4, 0.5) is 0 Å². The molecule has 0 rings (SSSR count). The van der Waals surface area contributed by atoms with Crippen LogP contribution in [0, 0.1) is 0 Å². The molecule has 0 aliphatic carbocycles. The Morgan fingerprint density at radius 3 is 0.904 bits per heavy atom. The van der Waals surface area contributed by atoms with Crippen LogP contribution < -0.4 is 0 Å². The topological polar surface area (TPSA) is 78.9 Å². The van der Waals surface area contributed by atoms with Gasteiger partial charge in [-0.25, -0.2) is 0 Å². The average Bonchev–Trinajstić information content (AvgIpc) is 3.39. The zero-order chi connectivity index (χ0) is 52.9. The number of ether oxygens (including phenoxy) is 3. The van der Waals surface area contributed by atoms with Gasteiger partial charge in [-0.15, -0.1) is 0 Å². The highest BCUT2D eigenvalue weighted by Gasteiger charge is 2.19. The lowest BCUT2D eigenvalue weighted by Crippen LogP contribution is -2.30. The van der Waals surface area contributed by atoms with Crippen LogP contribution in [0.2, 0.25) is 0 Å². The van der Waals surface area contributed by atoms with Gasteiger partial charge in [0.1, 0.15) is 13.2 Å². The van der Waals surface area contributed by atoms with Crippen molar-refractivity contribution in [3.63, 3.8) is 0 Å². The summed E-state index contributed by atoms with van der Waals surface area (Å²) in [5.74, 6) is -0.869. The molecule has 424 valence electrons. The second kappa shape index (κ2) is 61.7. The first kappa shape index (κ1) is 70.1. The van der Waals surface area contributed by atoms with E-state index in [1.165, 1.54) is 193 Å². The molecule has 6 heteroatoms. The Kier molecular flexibility index (Phi) is 59.2. The second-order valence-corrected chi connectivity index (χ2v) is 21.3. The van der Waals surface area contributed by atoms with Gasteiger partial charge < -0.3 is 14.2 Å². The first-order valence-corrected chi connectivity index (χ1v) is 31.8. The van der Waals surface area contributed by atoms with E-state index in [0.717, 1.165) is 96.3 Å². The van der Waals surface area contributed by atoms with Crippen LogP contribution in [0.15, 0.2) is 60.8 Å². The van der Waals surface area contributed by atoms with Crippen LogP contribution >= 0.6 is 0 Å². The molecule has 0 aromatic rings. The van der Waals surface area contributed by atoms with E-state index in [9.17, 15) is 14.4 Å². The number of carbonyl (C=O) groups is 3. The molecule has 0 aliphatic rings. The number of rotatable bonds is 58. The van der Waals surface area contributed by atoms with E-state index in [4.69, 9.17) is 14.2 Å². The van der Waals surface area contributed by atoms with E-state index < -0.39 is 6.10 Å². The molecule has 6 nitrogen and oxygen atoms in total. The summed E-state index contributed by atoms with van der Waals surface area (Å²) in [7, 11) is 0. The van der Waals surface area contributed by atoms with Gasteiger partial charge in [-0.3, -0.25) is 14.4 Å². The van der Waals surface area contributed by atoms with Crippen LogP contribution in [-0.2, 0) is 28.6 Å². The molecule has 0 aromatic heterocycles. The van der Waals surface area contributed by atoms with Gasteiger partial charge in [0.25, 0.3) is 0 Å². The largest absolute Gasteiger partial charge is 0.462 e. The molecule has 1 atom stereocenters. The minimum Gasteiger partial charge on any atom is -0.462 e. The van der Waals surface area contributed by atoms with Crippen molar-refractivity contribution in [2.75, 3.05) is 13.2 Å². The van der Waals surface area contributed by atoms with E-state index in [1.807, 2.05) is 0 Å². The Labute approximate surface area is 453 Å². The second-order valence-electron chi connectivity index (χ2n) is 21.3. The van der Waals surface area contributed by atoms with Crippen molar-refractivity contribution in [3.05, 3.63) is 60.8 Å². The summed E-state index contributed by atoms with van der Waals surface area (Å²) in [6.07, 6.45) is 78.1. The fourth-order valence-corrected chi connectivity index (χ4v) is 9.26. The van der Waals surface area contributed by atoms with Crippen molar-refractivity contribution in [2.45, 2.75) is 335 Å². The van der Waals surface area contributed by atoms with Crippen LogP contribution in [-0.4, -0.2) is 37.2 Å². The van der Waals surface area contributed by atoms with Gasteiger partial charge >= 0.3 is 17.9 Å². The number of carbonyl (C=O) groups excluding carboxylic acids is 3. The third kappa shape index (κ3) is 59.9. The Hall–Kier alpha value is -2.89. The first-order chi connectivity index (χ1) is 36.0. The van der Waals surface area contributed by atoms with Crippen LogP contribution in [0.1, 0.15) is 329 Å². The zero-order valence-corrected chi connectivity index (χ0v) is 48.7. The van der Waals surface area contributed by atoms with Gasteiger partial charge in [0.05, 0.1) is 0 Å². The molecule has 0 N–H and O–H groups in total. The maximum Gasteiger partial charge on any atom is 0.306 e. The monoisotopic (exact) mass is 1020 g/mol. The molecule has 0 aromatic carbocycles.